The van der Waals surface area contributed by atoms with Crippen LogP contribution >= 0.6 is 0 Å². The van der Waals surface area contributed by atoms with E-state index in [4.69, 9.17) is 10.5 Å². The van der Waals surface area contributed by atoms with Gasteiger partial charge in [-0.1, -0.05) is 19.3 Å². The van der Waals surface area contributed by atoms with Gasteiger partial charge in [-0.15, -0.1) is 0 Å². The first kappa shape index (κ1) is 13.5. The highest BCUT2D eigenvalue weighted by molar-refractivity contribution is 5.75. The molecule has 1 amide bonds. The maximum atomic E-state index is 11.1. The molecule has 1 rings (SSSR count). The summed E-state index contributed by atoms with van der Waals surface area (Å²) in [7, 11) is 0. The molecule has 0 atom stereocenters. The minimum atomic E-state index is 0.0418. The fourth-order valence-electron chi connectivity index (χ4n) is 2.00. The first-order valence-electron chi connectivity index (χ1n) is 6.41. The van der Waals surface area contributed by atoms with Crippen molar-refractivity contribution in [2.75, 3.05) is 19.7 Å². The molecule has 0 aromatic rings. The Labute approximate surface area is 97.9 Å². The standard InChI is InChI=1S/C12H24N2O2/c13-8-7-12(15)14-9-4-10-16-11-5-2-1-3-6-11/h11H,1-10,13H2,(H,14,15). The van der Waals surface area contributed by atoms with Gasteiger partial charge in [0.05, 0.1) is 6.10 Å². The molecule has 3 N–H and O–H groups in total. The number of hydrogen-bond donors (Lipinski definition) is 2. The maximum absolute atomic E-state index is 11.1. The number of rotatable bonds is 7. The van der Waals surface area contributed by atoms with Gasteiger partial charge in [-0.05, 0) is 19.3 Å². The number of amides is 1. The summed E-state index contributed by atoms with van der Waals surface area (Å²) in [6.45, 7) is 1.88. The van der Waals surface area contributed by atoms with Gasteiger partial charge in [0.1, 0.15) is 0 Å². The highest BCUT2D eigenvalue weighted by atomic mass is 16.5. The molecule has 0 aromatic carbocycles. The topological polar surface area (TPSA) is 64.4 Å². The average Bonchev–Trinajstić information content (AvgIpc) is 2.30. The molecule has 0 aromatic heterocycles. The lowest BCUT2D eigenvalue weighted by Crippen LogP contribution is -2.27. The van der Waals surface area contributed by atoms with Crippen molar-refractivity contribution in [3.05, 3.63) is 0 Å². The summed E-state index contributed by atoms with van der Waals surface area (Å²) in [4.78, 5) is 11.1. The number of ether oxygens (including phenoxy) is 1. The lowest BCUT2D eigenvalue weighted by atomic mass is 9.98. The molecule has 1 aliphatic carbocycles. The molecular weight excluding hydrogens is 204 g/mol. The Kier molecular flexibility index (Phi) is 7.17. The van der Waals surface area contributed by atoms with Crippen LogP contribution in [0.2, 0.25) is 0 Å². The Bertz CT molecular complexity index is 191. The van der Waals surface area contributed by atoms with Gasteiger partial charge in [0.25, 0.3) is 0 Å². The highest BCUT2D eigenvalue weighted by Gasteiger charge is 2.12. The summed E-state index contributed by atoms with van der Waals surface area (Å²) in [5.41, 5.74) is 5.27. The largest absolute Gasteiger partial charge is 0.378 e. The number of nitrogens with two attached hydrogens (primary N) is 1. The van der Waals surface area contributed by atoms with E-state index in [2.05, 4.69) is 5.32 Å². The Hall–Kier alpha value is -0.610. The van der Waals surface area contributed by atoms with Crippen LogP contribution in [0.4, 0.5) is 0 Å². The van der Waals surface area contributed by atoms with Crippen molar-refractivity contribution >= 4 is 5.91 Å². The first-order valence-corrected chi connectivity index (χ1v) is 6.41. The quantitative estimate of drug-likeness (QED) is 0.643. The van der Waals surface area contributed by atoms with Crippen LogP contribution in [0.5, 0.6) is 0 Å². The number of carbonyl (C=O) groups excluding carboxylic acids is 1. The number of carbonyl (C=O) groups is 1. The van der Waals surface area contributed by atoms with E-state index < -0.39 is 0 Å². The summed E-state index contributed by atoms with van der Waals surface area (Å²) < 4.78 is 5.75. The van der Waals surface area contributed by atoms with Gasteiger partial charge >= 0.3 is 0 Å². The van der Waals surface area contributed by atoms with Crippen molar-refractivity contribution in [2.24, 2.45) is 5.73 Å². The van der Waals surface area contributed by atoms with Gasteiger partial charge < -0.3 is 15.8 Å². The van der Waals surface area contributed by atoms with E-state index in [0.717, 1.165) is 13.0 Å². The second kappa shape index (κ2) is 8.53. The molecule has 0 radical (unpaired) electrons. The van der Waals surface area contributed by atoms with Gasteiger partial charge in [-0.3, -0.25) is 4.79 Å². The predicted molar refractivity (Wildman–Crippen MR) is 64.1 cm³/mol. The molecule has 0 aliphatic heterocycles. The van der Waals surface area contributed by atoms with Crippen molar-refractivity contribution in [1.29, 1.82) is 0 Å². The molecule has 4 heteroatoms. The van der Waals surface area contributed by atoms with Crippen LogP contribution in [0.15, 0.2) is 0 Å². The number of hydrogen-bond acceptors (Lipinski definition) is 3. The zero-order valence-electron chi connectivity index (χ0n) is 10.0. The van der Waals surface area contributed by atoms with Crippen LogP contribution < -0.4 is 11.1 Å². The minimum absolute atomic E-state index is 0.0418. The van der Waals surface area contributed by atoms with Crippen LogP contribution in [0.1, 0.15) is 44.9 Å². The molecule has 0 heterocycles. The zero-order valence-corrected chi connectivity index (χ0v) is 10.0. The Morgan fingerprint density at radius 2 is 2.06 bits per heavy atom. The third kappa shape index (κ3) is 6.08. The summed E-state index contributed by atoms with van der Waals surface area (Å²) in [5.74, 6) is 0.0418. The van der Waals surface area contributed by atoms with Crippen LogP contribution in [0.25, 0.3) is 0 Å². The molecular formula is C12H24N2O2. The normalized spacial score (nSPS) is 17.3. The third-order valence-corrected chi connectivity index (χ3v) is 2.92. The lowest BCUT2D eigenvalue weighted by Gasteiger charge is -2.21. The van der Waals surface area contributed by atoms with Crippen molar-refractivity contribution in [2.45, 2.75) is 51.0 Å². The molecule has 0 bridgehead atoms. The number of nitrogens with one attached hydrogen (secondary N) is 1. The molecule has 4 nitrogen and oxygen atoms in total. The smallest absolute Gasteiger partial charge is 0.221 e. The second-order valence-corrected chi connectivity index (χ2v) is 4.37. The molecule has 0 spiro atoms. The van der Waals surface area contributed by atoms with E-state index in [1.54, 1.807) is 0 Å². The molecule has 1 saturated carbocycles. The Morgan fingerprint density at radius 1 is 1.31 bits per heavy atom. The van der Waals surface area contributed by atoms with Gasteiger partial charge in [0, 0.05) is 26.1 Å². The minimum Gasteiger partial charge on any atom is -0.378 e. The van der Waals surface area contributed by atoms with E-state index >= 15 is 0 Å². The van der Waals surface area contributed by atoms with Gasteiger partial charge in [-0.2, -0.15) is 0 Å². The fourth-order valence-corrected chi connectivity index (χ4v) is 2.00. The van der Waals surface area contributed by atoms with E-state index in [0.29, 0.717) is 25.6 Å². The van der Waals surface area contributed by atoms with Crippen LogP contribution in [0, 0.1) is 0 Å². The lowest BCUT2D eigenvalue weighted by molar-refractivity contribution is -0.120. The molecule has 1 aliphatic rings. The highest BCUT2D eigenvalue weighted by Crippen LogP contribution is 2.20. The first-order chi connectivity index (χ1) is 7.83. The molecule has 0 unspecified atom stereocenters. The van der Waals surface area contributed by atoms with Crippen molar-refractivity contribution in [3.63, 3.8) is 0 Å². The Morgan fingerprint density at radius 3 is 2.75 bits per heavy atom. The van der Waals surface area contributed by atoms with Crippen molar-refractivity contribution in [3.8, 4) is 0 Å². The summed E-state index contributed by atoms with van der Waals surface area (Å²) in [6, 6.07) is 0. The maximum Gasteiger partial charge on any atom is 0.221 e. The Balaban J connectivity index is 1.89. The molecule has 16 heavy (non-hydrogen) atoms. The molecule has 1 fully saturated rings. The average molecular weight is 228 g/mol. The van der Waals surface area contributed by atoms with Crippen LogP contribution in [-0.2, 0) is 9.53 Å². The summed E-state index contributed by atoms with van der Waals surface area (Å²) in [6.07, 6.45) is 8.16. The predicted octanol–water partition coefficient (Wildman–Crippen LogP) is 1.19. The monoisotopic (exact) mass is 228 g/mol. The SMILES string of the molecule is NCCC(=O)NCCCOC1CCCCC1. The zero-order chi connectivity index (χ0) is 11.6. The molecule has 94 valence electrons. The fraction of sp³-hybridized carbons (Fsp3) is 0.917. The van der Waals surface area contributed by atoms with E-state index in [-0.39, 0.29) is 5.91 Å². The van der Waals surface area contributed by atoms with Crippen LogP contribution in [-0.4, -0.2) is 31.7 Å². The van der Waals surface area contributed by atoms with Gasteiger partial charge in [-0.25, -0.2) is 0 Å². The van der Waals surface area contributed by atoms with E-state index in [1.165, 1.54) is 32.1 Å². The van der Waals surface area contributed by atoms with Crippen molar-refractivity contribution in [1.82, 2.24) is 5.32 Å². The third-order valence-electron chi connectivity index (χ3n) is 2.92. The van der Waals surface area contributed by atoms with Crippen molar-refractivity contribution < 1.29 is 9.53 Å². The van der Waals surface area contributed by atoms with E-state index in [9.17, 15) is 4.79 Å². The van der Waals surface area contributed by atoms with Gasteiger partial charge in [0.15, 0.2) is 0 Å². The summed E-state index contributed by atoms with van der Waals surface area (Å²) in [5, 5.41) is 2.82. The van der Waals surface area contributed by atoms with Gasteiger partial charge in [0.2, 0.25) is 5.91 Å². The van der Waals surface area contributed by atoms with Crippen LogP contribution in [0.3, 0.4) is 0 Å². The second-order valence-electron chi connectivity index (χ2n) is 4.37. The molecule has 0 saturated heterocycles. The van der Waals surface area contributed by atoms with E-state index in [1.807, 2.05) is 0 Å². The summed E-state index contributed by atoms with van der Waals surface area (Å²) >= 11 is 0.